The highest BCUT2D eigenvalue weighted by atomic mass is 35.5. The molecule has 0 bridgehead atoms. The first kappa shape index (κ1) is 19.3. The lowest BCUT2D eigenvalue weighted by Gasteiger charge is -2.15. The second-order valence-corrected chi connectivity index (χ2v) is 5.76. The summed E-state index contributed by atoms with van der Waals surface area (Å²) in [5.41, 5.74) is 6.02. The molecule has 26 heavy (non-hydrogen) atoms. The highest BCUT2D eigenvalue weighted by Gasteiger charge is 2.22. The Morgan fingerprint density at radius 1 is 1.12 bits per heavy atom. The first-order valence-electron chi connectivity index (χ1n) is 7.57. The topological polar surface area (TPSA) is 108 Å². The number of nitrogens with two attached hydrogens (primary N) is 1. The number of nitrogens with one attached hydrogen (secondary N) is 1. The fourth-order valence-electron chi connectivity index (χ4n) is 2.08. The van der Waals surface area contributed by atoms with Gasteiger partial charge in [0.05, 0.1) is 7.11 Å². The van der Waals surface area contributed by atoms with Gasteiger partial charge in [-0.1, -0.05) is 11.6 Å². The summed E-state index contributed by atoms with van der Waals surface area (Å²) in [5, 5.41) is 2.92. The highest BCUT2D eigenvalue weighted by molar-refractivity contribution is 6.31. The number of rotatable bonds is 6. The van der Waals surface area contributed by atoms with Gasteiger partial charge in [0.1, 0.15) is 11.3 Å². The van der Waals surface area contributed by atoms with Gasteiger partial charge in [0.15, 0.2) is 6.10 Å². The number of amides is 2. The van der Waals surface area contributed by atoms with E-state index in [0.717, 1.165) is 0 Å². The van der Waals surface area contributed by atoms with Crippen LogP contribution in [0.2, 0.25) is 5.02 Å². The van der Waals surface area contributed by atoms with Gasteiger partial charge in [-0.2, -0.15) is 0 Å². The molecule has 2 amide bonds. The average Bonchev–Trinajstić information content (AvgIpc) is 2.61. The van der Waals surface area contributed by atoms with Crippen molar-refractivity contribution in [2.45, 2.75) is 13.0 Å². The Morgan fingerprint density at radius 2 is 1.77 bits per heavy atom. The first-order chi connectivity index (χ1) is 12.3. The Balaban J connectivity index is 2.03. The molecule has 0 saturated carbocycles. The van der Waals surface area contributed by atoms with Gasteiger partial charge in [0, 0.05) is 16.3 Å². The summed E-state index contributed by atoms with van der Waals surface area (Å²) < 4.78 is 10.3. The van der Waals surface area contributed by atoms with Crippen LogP contribution in [0.3, 0.4) is 0 Å². The maximum absolute atomic E-state index is 12.3. The van der Waals surface area contributed by atoms with E-state index in [1.165, 1.54) is 50.4 Å². The van der Waals surface area contributed by atoms with Crippen LogP contribution in [-0.2, 0) is 9.53 Å². The predicted octanol–water partition coefficient (Wildman–Crippen LogP) is 2.63. The summed E-state index contributed by atoms with van der Waals surface area (Å²) in [6.45, 7) is 1.43. The van der Waals surface area contributed by atoms with Crippen molar-refractivity contribution in [1.82, 2.24) is 0 Å². The molecule has 1 atom stereocenters. The van der Waals surface area contributed by atoms with E-state index < -0.39 is 23.9 Å². The van der Waals surface area contributed by atoms with Gasteiger partial charge in [-0.25, -0.2) is 4.79 Å². The monoisotopic (exact) mass is 376 g/mol. The van der Waals surface area contributed by atoms with Crippen LogP contribution in [0.1, 0.15) is 27.6 Å². The molecule has 0 aliphatic heterocycles. The molecule has 136 valence electrons. The average molecular weight is 377 g/mol. The van der Waals surface area contributed by atoms with Crippen molar-refractivity contribution in [2.75, 3.05) is 12.4 Å². The predicted molar refractivity (Wildman–Crippen MR) is 96.5 cm³/mol. The standard InChI is InChI=1S/C18H17ClN2O5/c1-10(17(23)21-13-6-3-11(4-7-13)16(20)22)26-18(24)14-9-12(19)5-8-15(14)25-2/h3-10H,1-2H3,(H2,20,22)(H,21,23)/t10-/m0/s1. The van der Waals surface area contributed by atoms with E-state index in [4.69, 9.17) is 26.8 Å². The molecule has 2 aromatic carbocycles. The largest absolute Gasteiger partial charge is 0.496 e. The molecule has 2 rings (SSSR count). The Kier molecular flexibility index (Phi) is 6.19. The van der Waals surface area contributed by atoms with E-state index in [2.05, 4.69) is 5.32 Å². The zero-order chi connectivity index (χ0) is 19.3. The molecule has 0 aromatic heterocycles. The second kappa shape index (κ2) is 8.35. The number of ether oxygens (including phenoxy) is 2. The number of primary amides is 1. The van der Waals surface area contributed by atoms with Crippen molar-refractivity contribution in [1.29, 1.82) is 0 Å². The summed E-state index contributed by atoms with van der Waals surface area (Å²) in [4.78, 5) is 35.5. The molecule has 0 aliphatic carbocycles. The van der Waals surface area contributed by atoms with Gasteiger partial charge in [-0.3, -0.25) is 9.59 Å². The molecule has 0 radical (unpaired) electrons. The Hall–Kier alpha value is -3.06. The fourth-order valence-corrected chi connectivity index (χ4v) is 2.25. The molecular weight excluding hydrogens is 360 g/mol. The third-order valence-electron chi connectivity index (χ3n) is 3.47. The number of hydrogen-bond donors (Lipinski definition) is 2. The summed E-state index contributed by atoms with van der Waals surface area (Å²) in [5.74, 6) is -1.56. The number of carbonyl (C=O) groups excluding carboxylic acids is 3. The molecule has 2 aromatic rings. The number of anilines is 1. The first-order valence-corrected chi connectivity index (χ1v) is 7.95. The fraction of sp³-hybridized carbons (Fsp3) is 0.167. The number of methoxy groups -OCH3 is 1. The van der Waals surface area contributed by atoms with Crippen molar-refractivity contribution in [3.05, 3.63) is 58.6 Å². The SMILES string of the molecule is COc1ccc(Cl)cc1C(=O)O[C@@H](C)C(=O)Nc1ccc(C(N)=O)cc1. The smallest absolute Gasteiger partial charge is 0.342 e. The third-order valence-corrected chi connectivity index (χ3v) is 3.71. The quantitative estimate of drug-likeness (QED) is 0.753. The summed E-state index contributed by atoms with van der Waals surface area (Å²) in [6.07, 6.45) is -1.07. The van der Waals surface area contributed by atoms with Crippen molar-refractivity contribution < 1.29 is 23.9 Å². The van der Waals surface area contributed by atoms with E-state index in [1.807, 2.05) is 0 Å². The van der Waals surface area contributed by atoms with Crippen LogP contribution in [0, 0.1) is 0 Å². The summed E-state index contributed by atoms with van der Waals surface area (Å²) in [6, 6.07) is 10.5. The summed E-state index contributed by atoms with van der Waals surface area (Å²) >= 11 is 5.88. The minimum atomic E-state index is -1.07. The minimum absolute atomic E-state index is 0.116. The van der Waals surface area contributed by atoms with Gasteiger partial charge in [0.25, 0.3) is 5.91 Å². The Labute approximate surface area is 155 Å². The molecule has 0 fully saturated rings. The molecular formula is C18H17ClN2O5. The minimum Gasteiger partial charge on any atom is -0.496 e. The lowest BCUT2D eigenvalue weighted by molar-refractivity contribution is -0.123. The normalized spacial score (nSPS) is 11.3. The number of halogens is 1. The molecule has 0 saturated heterocycles. The number of benzene rings is 2. The van der Waals surface area contributed by atoms with Crippen LogP contribution in [0.25, 0.3) is 0 Å². The maximum atomic E-state index is 12.3. The molecule has 0 unspecified atom stereocenters. The molecule has 3 N–H and O–H groups in total. The van der Waals surface area contributed by atoms with Crippen molar-refractivity contribution >= 4 is 35.1 Å². The summed E-state index contributed by atoms with van der Waals surface area (Å²) in [7, 11) is 1.41. The zero-order valence-electron chi connectivity index (χ0n) is 14.1. The van der Waals surface area contributed by atoms with Crippen molar-refractivity contribution in [3.63, 3.8) is 0 Å². The molecule has 0 spiro atoms. The van der Waals surface area contributed by atoms with Crippen LogP contribution in [0.4, 0.5) is 5.69 Å². The van der Waals surface area contributed by atoms with E-state index in [1.54, 1.807) is 6.07 Å². The lowest BCUT2D eigenvalue weighted by Crippen LogP contribution is -2.30. The van der Waals surface area contributed by atoms with Crippen LogP contribution in [0.5, 0.6) is 5.75 Å². The molecule has 0 aliphatic rings. The second-order valence-electron chi connectivity index (χ2n) is 5.32. The molecule has 8 heteroatoms. The van der Waals surface area contributed by atoms with E-state index in [-0.39, 0.29) is 11.3 Å². The zero-order valence-corrected chi connectivity index (χ0v) is 14.9. The van der Waals surface area contributed by atoms with Crippen LogP contribution in [0.15, 0.2) is 42.5 Å². The number of esters is 1. The van der Waals surface area contributed by atoms with E-state index in [9.17, 15) is 14.4 Å². The number of carbonyl (C=O) groups is 3. The van der Waals surface area contributed by atoms with Gasteiger partial charge < -0.3 is 20.5 Å². The lowest BCUT2D eigenvalue weighted by atomic mass is 10.2. The van der Waals surface area contributed by atoms with Crippen LogP contribution >= 0.6 is 11.6 Å². The van der Waals surface area contributed by atoms with E-state index >= 15 is 0 Å². The molecule has 7 nitrogen and oxygen atoms in total. The van der Waals surface area contributed by atoms with Gasteiger partial charge in [0.2, 0.25) is 5.91 Å². The van der Waals surface area contributed by atoms with Gasteiger partial charge in [-0.05, 0) is 49.4 Å². The van der Waals surface area contributed by atoms with Crippen molar-refractivity contribution in [3.8, 4) is 5.75 Å². The van der Waals surface area contributed by atoms with Crippen molar-refractivity contribution in [2.24, 2.45) is 5.73 Å². The molecule has 0 heterocycles. The maximum Gasteiger partial charge on any atom is 0.342 e. The highest BCUT2D eigenvalue weighted by Crippen LogP contribution is 2.24. The Bertz CT molecular complexity index is 836. The van der Waals surface area contributed by atoms with Crippen LogP contribution in [-0.4, -0.2) is 31.0 Å². The van der Waals surface area contributed by atoms with Gasteiger partial charge >= 0.3 is 5.97 Å². The van der Waals surface area contributed by atoms with Crippen LogP contribution < -0.4 is 15.8 Å². The van der Waals surface area contributed by atoms with Gasteiger partial charge in [-0.15, -0.1) is 0 Å². The third kappa shape index (κ3) is 4.73. The number of hydrogen-bond acceptors (Lipinski definition) is 5. The Morgan fingerprint density at radius 3 is 2.35 bits per heavy atom. The van der Waals surface area contributed by atoms with E-state index in [0.29, 0.717) is 16.3 Å².